The molecule has 1 heterocycles. The average Bonchev–Trinajstić information content (AvgIpc) is 2.48. The summed E-state index contributed by atoms with van der Waals surface area (Å²) in [4.78, 5) is 24.4. The second kappa shape index (κ2) is 4.06. The Bertz CT molecular complexity index is 442. The summed E-state index contributed by atoms with van der Waals surface area (Å²) >= 11 is 0. The van der Waals surface area contributed by atoms with E-state index in [-0.39, 0.29) is 18.2 Å². The van der Waals surface area contributed by atoms with Crippen molar-refractivity contribution in [2.75, 3.05) is 0 Å². The van der Waals surface area contributed by atoms with Gasteiger partial charge < -0.3 is 5.73 Å². The number of nitrogens with zero attached hydrogens (tertiary/aromatic N) is 1. The van der Waals surface area contributed by atoms with Crippen LogP contribution < -0.4 is 5.73 Å². The number of benzene rings is 1. The number of hydrogen-bond donors (Lipinski definition) is 1. The lowest BCUT2D eigenvalue weighted by atomic mass is 10.1. The van der Waals surface area contributed by atoms with Gasteiger partial charge in [-0.15, -0.1) is 0 Å². The van der Waals surface area contributed by atoms with E-state index >= 15 is 0 Å². The lowest BCUT2D eigenvalue weighted by molar-refractivity contribution is -0.139. The zero-order valence-corrected chi connectivity index (χ0v) is 9.14. The number of imide groups is 1. The van der Waals surface area contributed by atoms with Crippen molar-refractivity contribution in [3.63, 3.8) is 0 Å². The van der Waals surface area contributed by atoms with Gasteiger partial charge >= 0.3 is 0 Å². The molecule has 4 nitrogen and oxygen atoms in total. The molecule has 1 aromatic rings. The van der Waals surface area contributed by atoms with Crippen molar-refractivity contribution >= 4 is 11.8 Å². The zero-order valence-electron chi connectivity index (χ0n) is 9.14. The number of aryl methyl sites for hydroxylation is 1. The van der Waals surface area contributed by atoms with Gasteiger partial charge in [0, 0.05) is 0 Å². The van der Waals surface area contributed by atoms with Gasteiger partial charge in [0.2, 0.25) is 11.8 Å². The minimum atomic E-state index is -0.656. The van der Waals surface area contributed by atoms with Crippen LogP contribution in [0.4, 0.5) is 0 Å². The van der Waals surface area contributed by atoms with Crippen LogP contribution in [-0.2, 0) is 16.1 Å². The summed E-state index contributed by atoms with van der Waals surface area (Å²) in [5.74, 6) is -0.450. The molecule has 0 radical (unpaired) electrons. The molecule has 1 atom stereocenters. The number of carbonyl (C=O) groups is 2. The standard InChI is InChI=1S/C12H14N2O2/c1-8-4-2-3-5-9(8)7-14-11(15)6-10(13)12(14)16/h2-5,10H,6-7,13H2,1H3. The Labute approximate surface area is 94.0 Å². The van der Waals surface area contributed by atoms with Gasteiger partial charge in [-0.1, -0.05) is 24.3 Å². The summed E-state index contributed by atoms with van der Waals surface area (Å²) in [6.07, 6.45) is 0.130. The van der Waals surface area contributed by atoms with Crippen LogP contribution >= 0.6 is 0 Å². The predicted octanol–water partition coefficient (Wildman–Crippen LogP) is 0.581. The van der Waals surface area contributed by atoms with E-state index < -0.39 is 6.04 Å². The van der Waals surface area contributed by atoms with Crippen molar-refractivity contribution in [3.8, 4) is 0 Å². The highest BCUT2D eigenvalue weighted by atomic mass is 16.2. The Balaban J connectivity index is 2.20. The average molecular weight is 218 g/mol. The first kappa shape index (κ1) is 10.8. The first-order valence-corrected chi connectivity index (χ1v) is 5.24. The van der Waals surface area contributed by atoms with Gasteiger partial charge in [-0.25, -0.2) is 0 Å². The van der Waals surface area contributed by atoms with Crippen LogP contribution in [-0.4, -0.2) is 22.8 Å². The molecular weight excluding hydrogens is 204 g/mol. The third-order valence-corrected chi connectivity index (χ3v) is 2.87. The molecule has 1 fully saturated rings. The smallest absolute Gasteiger partial charge is 0.246 e. The quantitative estimate of drug-likeness (QED) is 0.738. The fraction of sp³-hybridized carbons (Fsp3) is 0.333. The van der Waals surface area contributed by atoms with E-state index in [9.17, 15) is 9.59 Å². The Morgan fingerprint density at radius 2 is 2.06 bits per heavy atom. The van der Waals surface area contributed by atoms with E-state index in [2.05, 4.69) is 0 Å². The number of amides is 2. The van der Waals surface area contributed by atoms with Crippen molar-refractivity contribution in [1.82, 2.24) is 4.90 Å². The van der Waals surface area contributed by atoms with E-state index in [4.69, 9.17) is 5.73 Å². The lowest BCUT2D eigenvalue weighted by Crippen LogP contribution is -2.34. The molecule has 1 aliphatic rings. The molecule has 0 aromatic heterocycles. The van der Waals surface area contributed by atoms with E-state index in [0.29, 0.717) is 6.54 Å². The fourth-order valence-corrected chi connectivity index (χ4v) is 1.83. The maximum Gasteiger partial charge on any atom is 0.246 e. The summed E-state index contributed by atoms with van der Waals surface area (Å²) in [5, 5.41) is 0. The van der Waals surface area contributed by atoms with Gasteiger partial charge in [0.25, 0.3) is 0 Å². The third-order valence-electron chi connectivity index (χ3n) is 2.87. The van der Waals surface area contributed by atoms with Crippen LogP contribution in [0, 0.1) is 6.92 Å². The largest absolute Gasteiger partial charge is 0.319 e. The lowest BCUT2D eigenvalue weighted by Gasteiger charge is -2.15. The molecule has 4 heteroatoms. The van der Waals surface area contributed by atoms with Crippen LogP contribution in [0.15, 0.2) is 24.3 Å². The van der Waals surface area contributed by atoms with Crippen LogP contribution in [0.25, 0.3) is 0 Å². The van der Waals surface area contributed by atoms with Gasteiger partial charge in [-0.05, 0) is 18.1 Å². The zero-order chi connectivity index (χ0) is 11.7. The summed E-state index contributed by atoms with van der Waals surface area (Å²) in [7, 11) is 0. The molecule has 0 saturated carbocycles. The molecule has 2 N–H and O–H groups in total. The Kier molecular flexibility index (Phi) is 2.75. The first-order valence-electron chi connectivity index (χ1n) is 5.24. The molecule has 2 rings (SSSR count). The summed E-state index contributed by atoms with van der Waals surface area (Å²) in [6.45, 7) is 2.29. The molecule has 0 spiro atoms. The minimum absolute atomic E-state index is 0.130. The molecule has 1 saturated heterocycles. The van der Waals surface area contributed by atoms with Gasteiger partial charge in [0.15, 0.2) is 0 Å². The Hall–Kier alpha value is -1.68. The van der Waals surface area contributed by atoms with Crippen molar-refractivity contribution in [3.05, 3.63) is 35.4 Å². The number of carbonyl (C=O) groups excluding carboxylic acids is 2. The fourth-order valence-electron chi connectivity index (χ4n) is 1.83. The molecular formula is C12H14N2O2. The number of rotatable bonds is 2. The van der Waals surface area contributed by atoms with Crippen molar-refractivity contribution in [2.45, 2.75) is 25.9 Å². The van der Waals surface area contributed by atoms with Gasteiger partial charge in [0.05, 0.1) is 19.0 Å². The highest BCUT2D eigenvalue weighted by molar-refractivity contribution is 6.05. The Morgan fingerprint density at radius 1 is 1.38 bits per heavy atom. The molecule has 1 unspecified atom stereocenters. The maximum atomic E-state index is 11.6. The topological polar surface area (TPSA) is 63.4 Å². The Morgan fingerprint density at radius 3 is 2.62 bits per heavy atom. The monoisotopic (exact) mass is 218 g/mol. The van der Waals surface area contributed by atoms with Gasteiger partial charge in [-0.2, -0.15) is 0 Å². The SMILES string of the molecule is Cc1ccccc1CN1C(=O)CC(N)C1=O. The van der Waals surface area contributed by atoms with Crippen LogP contribution in [0.1, 0.15) is 17.5 Å². The van der Waals surface area contributed by atoms with E-state index in [1.807, 2.05) is 31.2 Å². The number of nitrogens with two attached hydrogens (primary N) is 1. The highest BCUT2D eigenvalue weighted by Gasteiger charge is 2.35. The second-order valence-electron chi connectivity index (χ2n) is 4.06. The summed E-state index contributed by atoms with van der Waals surface area (Å²) in [5.41, 5.74) is 7.60. The van der Waals surface area contributed by atoms with Gasteiger partial charge in [-0.3, -0.25) is 14.5 Å². The normalized spacial score (nSPS) is 20.6. The van der Waals surface area contributed by atoms with Crippen molar-refractivity contribution in [1.29, 1.82) is 0 Å². The molecule has 84 valence electrons. The van der Waals surface area contributed by atoms with Crippen molar-refractivity contribution < 1.29 is 9.59 Å². The highest BCUT2D eigenvalue weighted by Crippen LogP contribution is 2.17. The maximum absolute atomic E-state index is 11.6. The van der Waals surface area contributed by atoms with Crippen molar-refractivity contribution in [2.24, 2.45) is 5.73 Å². The molecule has 16 heavy (non-hydrogen) atoms. The number of hydrogen-bond acceptors (Lipinski definition) is 3. The molecule has 0 bridgehead atoms. The van der Waals surface area contributed by atoms with Gasteiger partial charge in [0.1, 0.15) is 0 Å². The molecule has 2 amide bonds. The predicted molar refractivity (Wildman–Crippen MR) is 59.3 cm³/mol. The summed E-state index contributed by atoms with van der Waals surface area (Å²) < 4.78 is 0. The minimum Gasteiger partial charge on any atom is -0.319 e. The van der Waals surface area contributed by atoms with E-state index in [1.165, 1.54) is 4.90 Å². The van der Waals surface area contributed by atoms with E-state index in [0.717, 1.165) is 11.1 Å². The molecule has 1 aromatic carbocycles. The molecule has 0 aliphatic carbocycles. The molecule has 1 aliphatic heterocycles. The second-order valence-corrected chi connectivity index (χ2v) is 4.06. The summed E-state index contributed by atoms with van der Waals surface area (Å²) in [6, 6.07) is 7.04. The third kappa shape index (κ3) is 1.84. The van der Waals surface area contributed by atoms with E-state index in [1.54, 1.807) is 0 Å². The number of likely N-dealkylation sites (tertiary alicyclic amines) is 1. The van der Waals surface area contributed by atoms with Crippen LogP contribution in [0.5, 0.6) is 0 Å². The van der Waals surface area contributed by atoms with Crippen LogP contribution in [0.3, 0.4) is 0 Å². The first-order chi connectivity index (χ1) is 7.59. The van der Waals surface area contributed by atoms with Crippen LogP contribution in [0.2, 0.25) is 0 Å².